The largest absolute Gasteiger partial charge is 0.343 e. The van der Waals surface area contributed by atoms with Gasteiger partial charge in [-0.2, -0.15) is 11.8 Å². The van der Waals surface area contributed by atoms with Crippen molar-refractivity contribution in [2.24, 2.45) is 5.92 Å². The van der Waals surface area contributed by atoms with Crippen molar-refractivity contribution in [1.82, 2.24) is 10.2 Å². The van der Waals surface area contributed by atoms with Crippen molar-refractivity contribution in [2.75, 3.05) is 32.4 Å². The fraction of sp³-hybridized carbons (Fsp3) is 0.923. The molecule has 0 aromatic heterocycles. The first-order valence-corrected chi connectivity index (χ1v) is 8.09. The predicted molar refractivity (Wildman–Crippen MR) is 73.3 cm³/mol. The normalized spacial score (nSPS) is 26.4. The Balaban J connectivity index is 1.66. The first kappa shape index (κ1) is 13.2. The Bertz CT molecular complexity index is 246. The van der Waals surface area contributed by atoms with Crippen molar-refractivity contribution >= 4 is 17.7 Å². The first-order chi connectivity index (χ1) is 8.29. The van der Waals surface area contributed by atoms with Crippen molar-refractivity contribution in [3.63, 3.8) is 0 Å². The maximum atomic E-state index is 12.0. The van der Waals surface area contributed by atoms with E-state index in [-0.39, 0.29) is 0 Å². The second-order valence-electron chi connectivity index (χ2n) is 5.21. The number of carbonyl (C=O) groups is 1. The molecule has 1 N–H and O–H groups in total. The number of likely N-dealkylation sites (tertiary alicyclic amines) is 1. The summed E-state index contributed by atoms with van der Waals surface area (Å²) in [4.78, 5) is 14.1. The lowest BCUT2D eigenvalue weighted by Gasteiger charge is -2.31. The second kappa shape index (κ2) is 6.64. The molecule has 2 aliphatic heterocycles. The zero-order chi connectivity index (χ0) is 12.1. The van der Waals surface area contributed by atoms with Crippen LogP contribution in [0.3, 0.4) is 0 Å². The fourth-order valence-electron chi connectivity index (χ4n) is 2.79. The highest BCUT2D eigenvalue weighted by Gasteiger charge is 2.23. The van der Waals surface area contributed by atoms with E-state index < -0.39 is 0 Å². The molecule has 0 saturated carbocycles. The second-order valence-corrected chi connectivity index (χ2v) is 6.35. The van der Waals surface area contributed by atoms with Crippen molar-refractivity contribution in [2.45, 2.75) is 37.4 Å². The number of amides is 1. The first-order valence-electron chi connectivity index (χ1n) is 6.81. The molecule has 98 valence electrons. The Morgan fingerprint density at radius 3 is 2.71 bits per heavy atom. The number of nitrogens with one attached hydrogen (secondary N) is 1. The maximum absolute atomic E-state index is 12.0. The number of hydrogen-bond donors (Lipinski definition) is 1. The molecule has 2 heterocycles. The summed E-state index contributed by atoms with van der Waals surface area (Å²) in [6.45, 7) is 4.21. The molecule has 4 heteroatoms. The van der Waals surface area contributed by atoms with Gasteiger partial charge in [0.05, 0.1) is 0 Å². The smallest absolute Gasteiger partial charge is 0.222 e. The highest BCUT2D eigenvalue weighted by atomic mass is 32.2. The van der Waals surface area contributed by atoms with Gasteiger partial charge in [0.2, 0.25) is 5.91 Å². The lowest BCUT2D eigenvalue weighted by molar-refractivity contribution is -0.132. The lowest BCUT2D eigenvalue weighted by Crippen LogP contribution is -2.39. The van der Waals surface area contributed by atoms with Crippen LogP contribution in [0.2, 0.25) is 0 Å². The van der Waals surface area contributed by atoms with Crippen LogP contribution in [0.4, 0.5) is 0 Å². The Hall–Kier alpha value is -0.220. The predicted octanol–water partition coefficient (Wildman–Crippen LogP) is 1.73. The molecular formula is C13H24N2OS. The van der Waals surface area contributed by atoms with Crippen LogP contribution in [0.1, 0.15) is 32.1 Å². The van der Waals surface area contributed by atoms with Crippen molar-refractivity contribution in [3.8, 4) is 0 Å². The van der Waals surface area contributed by atoms with Crippen LogP contribution in [-0.2, 0) is 4.79 Å². The van der Waals surface area contributed by atoms with E-state index in [4.69, 9.17) is 0 Å². The molecule has 3 nitrogen and oxygen atoms in total. The van der Waals surface area contributed by atoms with Gasteiger partial charge in [-0.3, -0.25) is 4.79 Å². The van der Waals surface area contributed by atoms with Crippen LogP contribution in [0.5, 0.6) is 0 Å². The molecule has 1 amide bonds. The molecule has 17 heavy (non-hydrogen) atoms. The third kappa shape index (κ3) is 3.88. The molecule has 0 aliphatic carbocycles. The van der Waals surface area contributed by atoms with Crippen LogP contribution >= 0.6 is 11.8 Å². The van der Waals surface area contributed by atoms with E-state index in [1.165, 1.54) is 19.3 Å². The van der Waals surface area contributed by atoms with E-state index in [0.717, 1.165) is 50.2 Å². The van der Waals surface area contributed by atoms with Crippen LogP contribution in [0.25, 0.3) is 0 Å². The maximum Gasteiger partial charge on any atom is 0.222 e. The molecule has 1 atom stereocenters. The van der Waals surface area contributed by atoms with Crippen LogP contribution in [0.15, 0.2) is 0 Å². The molecule has 0 aromatic rings. The van der Waals surface area contributed by atoms with E-state index in [2.05, 4.69) is 16.5 Å². The molecule has 0 bridgehead atoms. The summed E-state index contributed by atoms with van der Waals surface area (Å²) in [7, 11) is 0. The Kier molecular flexibility index (Phi) is 5.16. The highest BCUT2D eigenvalue weighted by Crippen LogP contribution is 2.22. The SMILES string of the molecule is CSC1CCN(C(=O)CCC2CCNC2)CC1. The lowest BCUT2D eigenvalue weighted by atomic mass is 10.0. The number of carbonyl (C=O) groups excluding carboxylic acids is 1. The molecule has 2 aliphatic rings. The molecule has 0 aromatic carbocycles. The third-order valence-electron chi connectivity index (χ3n) is 4.06. The van der Waals surface area contributed by atoms with Gasteiger partial charge in [0, 0.05) is 24.8 Å². The average Bonchev–Trinajstić information content (AvgIpc) is 2.89. The van der Waals surface area contributed by atoms with Crippen molar-refractivity contribution in [1.29, 1.82) is 0 Å². The van der Waals surface area contributed by atoms with E-state index in [1.807, 2.05) is 11.8 Å². The third-order valence-corrected chi connectivity index (χ3v) is 5.19. The van der Waals surface area contributed by atoms with Crippen LogP contribution in [-0.4, -0.2) is 48.5 Å². The van der Waals surface area contributed by atoms with E-state index >= 15 is 0 Å². The zero-order valence-corrected chi connectivity index (χ0v) is 11.6. The Labute approximate surface area is 109 Å². The van der Waals surface area contributed by atoms with Crippen molar-refractivity contribution in [3.05, 3.63) is 0 Å². The molecule has 2 rings (SSSR count). The van der Waals surface area contributed by atoms with Gasteiger partial charge in [-0.05, 0) is 50.9 Å². The number of thioether (sulfide) groups is 1. The fourth-order valence-corrected chi connectivity index (χ4v) is 3.47. The van der Waals surface area contributed by atoms with Crippen LogP contribution < -0.4 is 5.32 Å². The van der Waals surface area contributed by atoms with Gasteiger partial charge < -0.3 is 10.2 Å². The number of nitrogens with zero attached hydrogens (tertiary/aromatic N) is 1. The van der Waals surface area contributed by atoms with Crippen molar-refractivity contribution < 1.29 is 4.79 Å². The standard InChI is InChI=1S/C13H24N2OS/c1-17-12-5-8-15(9-6-12)13(16)3-2-11-4-7-14-10-11/h11-12,14H,2-10H2,1H3. The van der Waals surface area contributed by atoms with E-state index in [1.54, 1.807) is 0 Å². The molecular weight excluding hydrogens is 232 g/mol. The van der Waals surface area contributed by atoms with Gasteiger partial charge in [0.25, 0.3) is 0 Å². The molecule has 2 saturated heterocycles. The highest BCUT2D eigenvalue weighted by molar-refractivity contribution is 7.99. The summed E-state index contributed by atoms with van der Waals surface area (Å²) in [5.74, 6) is 1.12. The molecule has 2 fully saturated rings. The van der Waals surface area contributed by atoms with Gasteiger partial charge in [-0.25, -0.2) is 0 Å². The molecule has 1 unspecified atom stereocenters. The minimum Gasteiger partial charge on any atom is -0.343 e. The minimum atomic E-state index is 0.386. The van der Waals surface area contributed by atoms with Gasteiger partial charge in [0.15, 0.2) is 0 Å². The topological polar surface area (TPSA) is 32.3 Å². The van der Waals surface area contributed by atoms with E-state index in [9.17, 15) is 4.79 Å². The average molecular weight is 256 g/mol. The Morgan fingerprint density at radius 2 is 2.12 bits per heavy atom. The van der Waals surface area contributed by atoms with Gasteiger partial charge in [-0.15, -0.1) is 0 Å². The summed E-state index contributed by atoms with van der Waals surface area (Å²) in [5, 5.41) is 4.14. The summed E-state index contributed by atoms with van der Waals surface area (Å²) >= 11 is 1.95. The number of piperidine rings is 1. The monoisotopic (exact) mass is 256 g/mol. The molecule has 0 spiro atoms. The van der Waals surface area contributed by atoms with Gasteiger partial charge in [-0.1, -0.05) is 0 Å². The quantitative estimate of drug-likeness (QED) is 0.831. The van der Waals surface area contributed by atoms with E-state index in [0.29, 0.717) is 5.91 Å². The summed E-state index contributed by atoms with van der Waals surface area (Å²) in [6.07, 6.45) is 7.62. The number of hydrogen-bond acceptors (Lipinski definition) is 3. The minimum absolute atomic E-state index is 0.386. The summed E-state index contributed by atoms with van der Waals surface area (Å²) in [5.41, 5.74) is 0. The Morgan fingerprint density at radius 1 is 1.35 bits per heavy atom. The summed E-state index contributed by atoms with van der Waals surface area (Å²) in [6, 6.07) is 0. The van der Waals surface area contributed by atoms with Gasteiger partial charge >= 0.3 is 0 Å². The summed E-state index contributed by atoms with van der Waals surface area (Å²) < 4.78 is 0. The zero-order valence-electron chi connectivity index (χ0n) is 10.8. The molecule has 0 radical (unpaired) electrons. The van der Waals surface area contributed by atoms with Crippen LogP contribution in [0, 0.1) is 5.92 Å². The van der Waals surface area contributed by atoms with Gasteiger partial charge in [0.1, 0.15) is 0 Å². The number of rotatable bonds is 4.